The highest BCUT2D eigenvalue weighted by molar-refractivity contribution is 7.92. The largest absolute Gasteiger partial charge is 0.323 e. The van der Waals surface area contributed by atoms with E-state index in [1.54, 1.807) is 24.3 Å². The SMILES string of the molecule is C[C@H](C(=O)Nc1ccc(Cl)cc1Cl)[NH+]1CCN(S(=O)(=O)/C=C/c2ccccc2)CC1. The van der Waals surface area contributed by atoms with Gasteiger partial charge in [-0.05, 0) is 36.8 Å². The summed E-state index contributed by atoms with van der Waals surface area (Å²) in [4.78, 5) is 13.6. The van der Waals surface area contributed by atoms with Gasteiger partial charge in [-0.3, -0.25) is 4.79 Å². The molecule has 160 valence electrons. The van der Waals surface area contributed by atoms with Crippen LogP contribution in [0.5, 0.6) is 0 Å². The first-order valence-electron chi connectivity index (χ1n) is 9.60. The van der Waals surface area contributed by atoms with E-state index >= 15 is 0 Å². The topological polar surface area (TPSA) is 70.9 Å². The molecule has 0 unspecified atom stereocenters. The molecule has 6 nitrogen and oxygen atoms in total. The highest BCUT2D eigenvalue weighted by atomic mass is 35.5. The van der Waals surface area contributed by atoms with Gasteiger partial charge in [0.2, 0.25) is 10.0 Å². The van der Waals surface area contributed by atoms with Gasteiger partial charge < -0.3 is 10.2 Å². The maximum atomic E-state index is 12.6. The standard InChI is InChI=1S/C21H23Cl2N3O3S/c1-16(21(27)24-20-8-7-18(22)15-19(20)23)25-10-12-26(13-11-25)30(28,29)14-9-17-5-3-2-4-6-17/h2-9,14-16H,10-13H2,1H3,(H,24,27)/p+1/b14-9+/t16-/m1/s1. The Balaban J connectivity index is 1.56. The number of carbonyl (C=O) groups excluding carboxylic acids is 1. The number of nitrogens with zero attached hydrogens (tertiary/aromatic N) is 1. The number of hydrogen-bond donors (Lipinski definition) is 2. The van der Waals surface area contributed by atoms with Gasteiger partial charge in [0.15, 0.2) is 6.04 Å². The fraction of sp³-hybridized carbons (Fsp3) is 0.286. The van der Waals surface area contributed by atoms with Gasteiger partial charge in [0.1, 0.15) is 0 Å². The number of carbonyl (C=O) groups is 1. The van der Waals surface area contributed by atoms with Crippen molar-refractivity contribution in [3.05, 3.63) is 69.5 Å². The van der Waals surface area contributed by atoms with E-state index in [1.807, 2.05) is 37.3 Å². The second-order valence-corrected chi connectivity index (χ2v) is 9.81. The Morgan fingerprint density at radius 1 is 1.13 bits per heavy atom. The van der Waals surface area contributed by atoms with E-state index in [9.17, 15) is 13.2 Å². The molecule has 0 aromatic heterocycles. The highest BCUT2D eigenvalue weighted by Gasteiger charge is 2.33. The van der Waals surface area contributed by atoms with Crippen molar-refractivity contribution in [1.29, 1.82) is 0 Å². The van der Waals surface area contributed by atoms with Crippen LogP contribution in [0.15, 0.2) is 53.9 Å². The number of nitrogens with one attached hydrogen (secondary N) is 2. The van der Waals surface area contributed by atoms with E-state index in [2.05, 4.69) is 5.32 Å². The molecule has 2 aromatic rings. The molecule has 1 aliphatic heterocycles. The molecule has 1 heterocycles. The number of rotatable bonds is 6. The average Bonchev–Trinajstić information content (AvgIpc) is 2.74. The minimum atomic E-state index is -3.50. The summed E-state index contributed by atoms with van der Waals surface area (Å²) in [6.45, 7) is 3.63. The molecule has 0 spiro atoms. The lowest BCUT2D eigenvalue weighted by Crippen LogP contribution is -3.19. The summed E-state index contributed by atoms with van der Waals surface area (Å²) in [6, 6.07) is 13.8. The van der Waals surface area contributed by atoms with Gasteiger partial charge in [0.25, 0.3) is 5.91 Å². The quantitative estimate of drug-likeness (QED) is 0.683. The van der Waals surface area contributed by atoms with E-state index in [-0.39, 0.29) is 11.9 Å². The predicted molar refractivity (Wildman–Crippen MR) is 121 cm³/mol. The third kappa shape index (κ3) is 5.83. The van der Waals surface area contributed by atoms with Gasteiger partial charge in [-0.2, -0.15) is 4.31 Å². The molecule has 9 heteroatoms. The number of benzene rings is 2. The number of halogens is 2. The van der Waals surface area contributed by atoms with Crippen LogP contribution in [0.2, 0.25) is 10.0 Å². The third-order valence-corrected chi connectivity index (χ3v) is 7.26. The molecule has 1 atom stereocenters. The second kappa shape index (κ2) is 9.94. The summed E-state index contributed by atoms with van der Waals surface area (Å²) in [6.07, 6.45) is 1.60. The molecule has 0 bridgehead atoms. The molecule has 0 radical (unpaired) electrons. The fourth-order valence-corrected chi connectivity index (χ4v) is 4.94. The zero-order valence-electron chi connectivity index (χ0n) is 16.5. The summed E-state index contributed by atoms with van der Waals surface area (Å²) in [5.74, 6) is -0.172. The first-order chi connectivity index (χ1) is 14.3. The van der Waals surface area contributed by atoms with Gasteiger partial charge in [-0.1, -0.05) is 53.5 Å². The lowest BCUT2D eigenvalue weighted by atomic mass is 10.2. The van der Waals surface area contributed by atoms with Crippen molar-refractivity contribution in [2.45, 2.75) is 13.0 Å². The van der Waals surface area contributed by atoms with Gasteiger partial charge in [-0.15, -0.1) is 0 Å². The Bertz CT molecular complexity index is 1020. The number of anilines is 1. The Morgan fingerprint density at radius 2 is 1.80 bits per heavy atom. The molecule has 2 aromatic carbocycles. The zero-order chi connectivity index (χ0) is 21.7. The first kappa shape index (κ1) is 22.8. The summed E-state index contributed by atoms with van der Waals surface area (Å²) in [7, 11) is -3.50. The van der Waals surface area contributed by atoms with E-state index in [4.69, 9.17) is 23.2 Å². The molecule has 1 amide bonds. The van der Waals surface area contributed by atoms with Crippen LogP contribution >= 0.6 is 23.2 Å². The summed E-state index contributed by atoms with van der Waals surface area (Å²) < 4.78 is 26.7. The van der Waals surface area contributed by atoms with E-state index in [0.717, 1.165) is 10.5 Å². The Morgan fingerprint density at radius 3 is 2.43 bits per heavy atom. The molecule has 1 aliphatic rings. The fourth-order valence-electron chi connectivity index (χ4n) is 3.29. The lowest BCUT2D eigenvalue weighted by molar-refractivity contribution is -0.917. The number of piperazine rings is 1. The highest BCUT2D eigenvalue weighted by Crippen LogP contribution is 2.25. The normalized spacial score (nSPS) is 17.2. The summed E-state index contributed by atoms with van der Waals surface area (Å²) in [5, 5.41) is 4.93. The second-order valence-electron chi connectivity index (χ2n) is 7.15. The molecule has 30 heavy (non-hydrogen) atoms. The number of sulfonamides is 1. The molecule has 1 fully saturated rings. The van der Waals surface area contributed by atoms with Crippen LogP contribution in [-0.4, -0.2) is 50.9 Å². The van der Waals surface area contributed by atoms with Crippen LogP contribution in [0.1, 0.15) is 12.5 Å². The summed E-state index contributed by atoms with van der Waals surface area (Å²) >= 11 is 12.0. The van der Waals surface area contributed by atoms with Crippen molar-refractivity contribution in [1.82, 2.24) is 4.31 Å². The Labute approximate surface area is 187 Å². The van der Waals surface area contributed by atoms with Crippen molar-refractivity contribution in [2.24, 2.45) is 0 Å². The van der Waals surface area contributed by atoms with Gasteiger partial charge in [-0.25, -0.2) is 8.42 Å². The van der Waals surface area contributed by atoms with Crippen LogP contribution in [0, 0.1) is 0 Å². The molecule has 0 saturated carbocycles. The molecule has 3 rings (SSSR count). The minimum Gasteiger partial charge on any atom is -0.323 e. The van der Waals surface area contributed by atoms with Gasteiger partial charge >= 0.3 is 0 Å². The Kier molecular flexibility index (Phi) is 7.55. The van der Waals surface area contributed by atoms with Crippen LogP contribution in [0.25, 0.3) is 6.08 Å². The van der Waals surface area contributed by atoms with Crippen LogP contribution in [-0.2, 0) is 14.8 Å². The summed E-state index contributed by atoms with van der Waals surface area (Å²) in [5.41, 5.74) is 1.33. The molecular formula is C21H24Cl2N3O3S+. The van der Waals surface area contributed by atoms with E-state index in [1.165, 1.54) is 9.71 Å². The van der Waals surface area contributed by atoms with Crippen molar-refractivity contribution < 1.29 is 18.1 Å². The maximum Gasteiger partial charge on any atom is 0.282 e. The minimum absolute atomic E-state index is 0.172. The van der Waals surface area contributed by atoms with Gasteiger partial charge in [0.05, 0.1) is 36.9 Å². The number of hydrogen-bond acceptors (Lipinski definition) is 3. The lowest BCUT2D eigenvalue weighted by Gasteiger charge is -2.33. The third-order valence-electron chi connectivity index (χ3n) is 5.15. The molecule has 2 N–H and O–H groups in total. The average molecular weight is 469 g/mol. The number of amides is 1. The van der Waals surface area contributed by atoms with Crippen molar-refractivity contribution in [2.75, 3.05) is 31.5 Å². The van der Waals surface area contributed by atoms with Crippen molar-refractivity contribution in [3.8, 4) is 0 Å². The van der Waals surface area contributed by atoms with E-state index in [0.29, 0.717) is 41.9 Å². The van der Waals surface area contributed by atoms with Crippen molar-refractivity contribution >= 4 is 50.9 Å². The van der Waals surface area contributed by atoms with Crippen LogP contribution in [0.3, 0.4) is 0 Å². The molecule has 1 saturated heterocycles. The number of quaternary nitrogens is 1. The van der Waals surface area contributed by atoms with Crippen LogP contribution in [0.4, 0.5) is 5.69 Å². The smallest absolute Gasteiger partial charge is 0.282 e. The van der Waals surface area contributed by atoms with Crippen LogP contribution < -0.4 is 10.2 Å². The van der Waals surface area contributed by atoms with E-state index < -0.39 is 10.0 Å². The monoisotopic (exact) mass is 468 g/mol. The first-order valence-corrected chi connectivity index (χ1v) is 11.9. The van der Waals surface area contributed by atoms with Crippen molar-refractivity contribution in [3.63, 3.8) is 0 Å². The predicted octanol–water partition coefficient (Wildman–Crippen LogP) is 2.52. The zero-order valence-corrected chi connectivity index (χ0v) is 18.8. The molecular weight excluding hydrogens is 445 g/mol. The Hall–Kier alpha value is -1.90. The van der Waals surface area contributed by atoms with Gasteiger partial charge in [0, 0.05) is 10.4 Å². The maximum absolute atomic E-state index is 12.6. The molecule has 0 aliphatic carbocycles.